The maximum atomic E-state index is 14.3. The predicted molar refractivity (Wildman–Crippen MR) is 79.1 cm³/mol. The first kappa shape index (κ1) is 14.3. The van der Waals surface area contributed by atoms with Crippen molar-refractivity contribution in [3.63, 3.8) is 0 Å². The van der Waals surface area contributed by atoms with Gasteiger partial charge in [0.25, 0.3) is 0 Å². The van der Waals surface area contributed by atoms with Crippen LogP contribution in [0.3, 0.4) is 0 Å². The number of nitrogens with one attached hydrogen (secondary N) is 1. The number of hydrogen-bond donors (Lipinski definition) is 1. The molecule has 2 unspecified atom stereocenters. The van der Waals surface area contributed by atoms with Crippen molar-refractivity contribution in [2.45, 2.75) is 39.7 Å². The lowest BCUT2D eigenvalue weighted by molar-refractivity contribution is 0.562. The van der Waals surface area contributed by atoms with Crippen molar-refractivity contribution < 1.29 is 4.39 Å². The summed E-state index contributed by atoms with van der Waals surface area (Å²) in [5, 5.41) is 3.38. The van der Waals surface area contributed by atoms with E-state index in [1.54, 1.807) is 6.07 Å². The van der Waals surface area contributed by atoms with E-state index in [1.165, 1.54) is 12.8 Å². The van der Waals surface area contributed by atoms with Crippen molar-refractivity contribution >= 4 is 5.69 Å². The van der Waals surface area contributed by atoms with Crippen LogP contribution in [-0.4, -0.2) is 19.6 Å². The van der Waals surface area contributed by atoms with E-state index in [-0.39, 0.29) is 11.9 Å². The van der Waals surface area contributed by atoms with E-state index >= 15 is 0 Å². The second-order valence-electron chi connectivity index (χ2n) is 5.47. The number of benzene rings is 1. The molecule has 1 N–H and O–H groups in total. The molecule has 2 atom stereocenters. The third-order valence-corrected chi connectivity index (χ3v) is 4.17. The van der Waals surface area contributed by atoms with E-state index in [0.29, 0.717) is 5.92 Å². The number of hydrogen-bond acceptors (Lipinski definition) is 2. The van der Waals surface area contributed by atoms with Gasteiger partial charge >= 0.3 is 0 Å². The van der Waals surface area contributed by atoms with Crippen molar-refractivity contribution in [2.24, 2.45) is 5.92 Å². The molecule has 2 rings (SSSR count). The summed E-state index contributed by atoms with van der Waals surface area (Å²) in [7, 11) is 0. The fraction of sp³-hybridized carbons (Fsp3) is 0.625. The van der Waals surface area contributed by atoms with Crippen molar-refractivity contribution in [1.82, 2.24) is 5.32 Å². The molecule has 106 valence electrons. The van der Waals surface area contributed by atoms with Crippen LogP contribution in [0.4, 0.5) is 10.1 Å². The van der Waals surface area contributed by atoms with Crippen LogP contribution in [0.1, 0.15) is 45.2 Å². The first-order chi connectivity index (χ1) is 9.17. The molecule has 0 amide bonds. The SMILES string of the molecule is CCNC(C)c1cccc(F)c1N1CCC(CC)C1. The number of rotatable bonds is 5. The maximum absolute atomic E-state index is 14.3. The van der Waals surface area contributed by atoms with Gasteiger partial charge in [-0.2, -0.15) is 0 Å². The highest BCUT2D eigenvalue weighted by Gasteiger charge is 2.26. The van der Waals surface area contributed by atoms with Crippen LogP contribution in [-0.2, 0) is 0 Å². The molecule has 0 radical (unpaired) electrons. The Hall–Kier alpha value is -1.09. The Kier molecular flexibility index (Phi) is 4.81. The molecule has 0 aromatic heterocycles. The molecule has 1 saturated heterocycles. The molecule has 1 aliphatic heterocycles. The lowest BCUT2D eigenvalue weighted by atomic mass is 10.0. The molecular formula is C16H25FN2. The highest BCUT2D eigenvalue weighted by atomic mass is 19.1. The monoisotopic (exact) mass is 264 g/mol. The topological polar surface area (TPSA) is 15.3 Å². The van der Waals surface area contributed by atoms with Gasteiger partial charge < -0.3 is 10.2 Å². The van der Waals surface area contributed by atoms with E-state index in [2.05, 4.69) is 31.0 Å². The molecule has 2 nitrogen and oxygen atoms in total. The fourth-order valence-electron chi connectivity index (χ4n) is 3.00. The van der Waals surface area contributed by atoms with Crippen LogP contribution in [0.25, 0.3) is 0 Å². The normalized spacial score (nSPS) is 20.8. The lowest BCUT2D eigenvalue weighted by Crippen LogP contribution is -2.26. The Balaban J connectivity index is 2.28. The summed E-state index contributed by atoms with van der Waals surface area (Å²) in [5.74, 6) is 0.626. The first-order valence-corrected chi connectivity index (χ1v) is 7.44. The quantitative estimate of drug-likeness (QED) is 0.871. The minimum Gasteiger partial charge on any atom is -0.369 e. The fourth-order valence-corrected chi connectivity index (χ4v) is 3.00. The van der Waals surface area contributed by atoms with Gasteiger partial charge in [0.2, 0.25) is 0 Å². The second-order valence-corrected chi connectivity index (χ2v) is 5.47. The van der Waals surface area contributed by atoms with Crippen molar-refractivity contribution in [3.05, 3.63) is 29.6 Å². The number of nitrogens with zero attached hydrogens (tertiary/aromatic N) is 1. The molecule has 1 heterocycles. The number of para-hydroxylation sites is 1. The number of anilines is 1. The smallest absolute Gasteiger partial charge is 0.146 e. The van der Waals surface area contributed by atoms with Crippen molar-refractivity contribution in [2.75, 3.05) is 24.5 Å². The van der Waals surface area contributed by atoms with E-state index in [0.717, 1.165) is 30.9 Å². The van der Waals surface area contributed by atoms with Crippen LogP contribution in [0, 0.1) is 11.7 Å². The first-order valence-electron chi connectivity index (χ1n) is 7.44. The van der Waals surface area contributed by atoms with Gasteiger partial charge in [0.05, 0.1) is 5.69 Å². The second kappa shape index (κ2) is 6.38. The van der Waals surface area contributed by atoms with Gasteiger partial charge in [-0.15, -0.1) is 0 Å². The molecule has 1 aromatic rings. The largest absolute Gasteiger partial charge is 0.369 e. The summed E-state index contributed by atoms with van der Waals surface area (Å²) in [6, 6.07) is 5.63. The highest BCUT2D eigenvalue weighted by Crippen LogP contribution is 2.33. The van der Waals surface area contributed by atoms with Crippen LogP contribution in [0.5, 0.6) is 0 Å². The molecule has 1 aliphatic rings. The average molecular weight is 264 g/mol. The molecule has 0 aliphatic carbocycles. The highest BCUT2D eigenvalue weighted by molar-refractivity contribution is 5.57. The van der Waals surface area contributed by atoms with Crippen LogP contribution >= 0.6 is 0 Å². The Morgan fingerprint density at radius 1 is 1.42 bits per heavy atom. The molecule has 0 bridgehead atoms. The molecule has 19 heavy (non-hydrogen) atoms. The van der Waals surface area contributed by atoms with E-state index in [4.69, 9.17) is 0 Å². The van der Waals surface area contributed by atoms with Gasteiger partial charge in [-0.25, -0.2) is 4.39 Å². The summed E-state index contributed by atoms with van der Waals surface area (Å²) in [6.07, 6.45) is 2.36. The van der Waals surface area contributed by atoms with Crippen LogP contribution < -0.4 is 10.2 Å². The van der Waals surface area contributed by atoms with Crippen LogP contribution in [0.2, 0.25) is 0 Å². The van der Waals surface area contributed by atoms with Crippen LogP contribution in [0.15, 0.2) is 18.2 Å². The maximum Gasteiger partial charge on any atom is 0.146 e. The zero-order valence-corrected chi connectivity index (χ0v) is 12.2. The zero-order chi connectivity index (χ0) is 13.8. The molecule has 1 aromatic carbocycles. The number of halogens is 1. The van der Waals surface area contributed by atoms with Crippen molar-refractivity contribution in [1.29, 1.82) is 0 Å². The third kappa shape index (κ3) is 3.08. The van der Waals surface area contributed by atoms with E-state index in [9.17, 15) is 4.39 Å². The van der Waals surface area contributed by atoms with Gasteiger partial charge in [-0.05, 0) is 37.4 Å². The molecule has 0 saturated carbocycles. The minimum atomic E-state index is -0.0843. The summed E-state index contributed by atoms with van der Waals surface area (Å²) >= 11 is 0. The Bertz CT molecular complexity index is 419. The molecule has 0 spiro atoms. The Labute approximate surface area is 116 Å². The molecular weight excluding hydrogens is 239 g/mol. The van der Waals surface area contributed by atoms with Gasteiger partial charge in [0.1, 0.15) is 5.82 Å². The Morgan fingerprint density at radius 3 is 2.84 bits per heavy atom. The summed E-state index contributed by atoms with van der Waals surface area (Å²) in [4.78, 5) is 2.23. The summed E-state index contributed by atoms with van der Waals surface area (Å²) in [5.41, 5.74) is 1.89. The van der Waals surface area contributed by atoms with E-state index < -0.39 is 0 Å². The van der Waals surface area contributed by atoms with Crippen molar-refractivity contribution in [3.8, 4) is 0 Å². The van der Waals surface area contributed by atoms with Gasteiger partial charge in [-0.1, -0.05) is 32.4 Å². The average Bonchev–Trinajstić information content (AvgIpc) is 2.87. The molecule has 3 heteroatoms. The lowest BCUT2D eigenvalue weighted by Gasteiger charge is -2.25. The van der Waals surface area contributed by atoms with Gasteiger partial charge in [0.15, 0.2) is 0 Å². The zero-order valence-electron chi connectivity index (χ0n) is 12.2. The van der Waals surface area contributed by atoms with Gasteiger partial charge in [0, 0.05) is 19.1 Å². The minimum absolute atomic E-state index is 0.0843. The predicted octanol–water partition coefficient (Wildman–Crippen LogP) is 3.73. The summed E-state index contributed by atoms with van der Waals surface area (Å²) in [6.45, 7) is 9.27. The molecule has 1 fully saturated rings. The van der Waals surface area contributed by atoms with Gasteiger partial charge in [-0.3, -0.25) is 0 Å². The Morgan fingerprint density at radius 2 is 2.21 bits per heavy atom. The van der Waals surface area contributed by atoms with E-state index in [1.807, 2.05) is 12.1 Å². The standard InChI is InChI=1S/C16H25FN2/c1-4-13-9-10-19(11-13)16-14(12(3)18-5-2)7-6-8-15(16)17/h6-8,12-13,18H,4-5,9-11H2,1-3H3. The summed E-state index contributed by atoms with van der Waals surface area (Å²) < 4.78 is 14.3. The third-order valence-electron chi connectivity index (χ3n) is 4.17.